The van der Waals surface area contributed by atoms with Crippen LogP contribution < -0.4 is 9.13 Å². The predicted octanol–water partition coefficient (Wildman–Crippen LogP) is 3.79. The summed E-state index contributed by atoms with van der Waals surface area (Å²) in [4.78, 5) is 0. The molecule has 2 heterocycles. The highest BCUT2D eigenvalue weighted by Gasteiger charge is 1.99. The van der Waals surface area contributed by atoms with Gasteiger partial charge in [-0.1, -0.05) is 46.0 Å². The van der Waals surface area contributed by atoms with Crippen LogP contribution in [0.1, 0.15) is 65.2 Å². The molecule has 0 fully saturated rings. The summed E-state index contributed by atoms with van der Waals surface area (Å²) in [5.41, 5.74) is 0. The average Bonchev–Trinajstić information content (AvgIpc) is 3.18. The van der Waals surface area contributed by atoms with E-state index in [2.05, 4.69) is 76.6 Å². The molecule has 0 spiro atoms. The van der Waals surface area contributed by atoms with Crippen molar-refractivity contribution >= 4 is 0 Å². The van der Waals surface area contributed by atoms with Gasteiger partial charge in [0.25, 0.3) is 0 Å². The molecule has 0 bridgehead atoms. The average molecular weight is 335 g/mol. The first kappa shape index (κ1) is 20.5. The zero-order chi connectivity index (χ0) is 17.6. The van der Waals surface area contributed by atoms with Crippen LogP contribution >= 0.6 is 0 Å². The number of aryl methyl sites for hydroxylation is 4. The zero-order valence-corrected chi connectivity index (χ0v) is 16.3. The first-order valence-electron chi connectivity index (χ1n) is 9.67. The summed E-state index contributed by atoms with van der Waals surface area (Å²) < 4.78 is 8.63. The smallest absolute Gasteiger partial charge is 0.240 e. The molecule has 0 aliphatic rings. The Kier molecular flexibility index (Phi) is 10.9. The van der Waals surface area contributed by atoms with Crippen LogP contribution in [0.2, 0.25) is 0 Å². The fourth-order valence-corrected chi connectivity index (χ4v) is 2.68. The Balaban J connectivity index is 0.000000254. The van der Waals surface area contributed by atoms with Gasteiger partial charge in [-0.15, -0.1) is 0 Å². The van der Waals surface area contributed by atoms with E-state index in [0.717, 1.165) is 6.54 Å². The number of nitrogens with zero attached hydrogens (tertiary/aromatic N) is 4. The molecule has 0 unspecified atom stereocenters. The lowest BCUT2D eigenvalue weighted by molar-refractivity contribution is -0.671. The summed E-state index contributed by atoms with van der Waals surface area (Å²) in [5.74, 6) is 0. The number of hydrogen-bond acceptors (Lipinski definition) is 0. The fraction of sp³-hybridized carbons (Fsp3) is 0.700. The van der Waals surface area contributed by atoms with Gasteiger partial charge < -0.3 is 0 Å². The minimum atomic E-state index is 1.15. The van der Waals surface area contributed by atoms with Crippen LogP contribution in [0, 0.1) is 0 Å². The van der Waals surface area contributed by atoms with E-state index in [9.17, 15) is 0 Å². The Morgan fingerprint density at radius 1 is 0.625 bits per heavy atom. The number of unbranched alkanes of at least 4 members (excludes halogenated alkanes) is 6. The third-order valence-electron chi connectivity index (χ3n) is 4.19. The second kappa shape index (κ2) is 12.8. The summed E-state index contributed by atoms with van der Waals surface area (Å²) in [6, 6.07) is 0. The lowest BCUT2D eigenvalue weighted by Crippen LogP contribution is -2.23. The van der Waals surface area contributed by atoms with Crippen LogP contribution in [0.3, 0.4) is 0 Å². The second-order valence-corrected chi connectivity index (χ2v) is 6.76. The van der Waals surface area contributed by atoms with Gasteiger partial charge in [0.05, 0.1) is 27.2 Å². The summed E-state index contributed by atoms with van der Waals surface area (Å²) in [6.45, 7) is 6.80. The van der Waals surface area contributed by atoms with Crippen molar-refractivity contribution in [1.82, 2.24) is 9.13 Å². The van der Waals surface area contributed by atoms with E-state index in [1.165, 1.54) is 57.9 Å². The number of imidazole rings is 2. The van der Waals surface area contributed by atoms with Gasteiger partial charge in [0, 0.05) is 0 Å². The van der Waals surface area contributed by atoms with Gasteiger partial charge in [0.2, 0.25) is 12.7 Å². The van der Waals surface area contributed by atoms with Gasteiger partial charge in [0.1, 0.15) is 24.8 Å². The number of rotatable bonds is 10. The summed E-state index contributed by atoms with van der Waals surface area (Å²) >= 11 is 0. The van der Waals surface area contributed by atoms with Crippen LogP contribution in [-0.4, -0.2) is 9.13 Å². The quantitative estimate of drug-likeness (QED) is 0.465. The molecule has 136 valence electrons. The lowest BCUT2D eigenvalue weighted by Gasteiger charge is -1.98. The van der Waals surface area contributed by atoms with Crippen LogP contribution in [-0.2, 0) is 27.2 Å². The molecule has 2 rings (SSSR count). The van der Waals surface area contributed by atoms with E-state index in [0.29, 0.717) is 0 Å². The van der Waals surface area contributed by atoms with Crippen molar-refractivity contribution in [3.63, 3.8) is 0 Å². The Morgan fingerprint density at radius 2 is 1.08 bits per heavy atom. The zero-order valence-electron chi connectivity index (χ0n) is 16.3. The minimum Gasteiger partial charge on any atom is -0.240 e. The standard InChI is InChI=1S/C12H23N2.C8H15N2/c1-3-4-5-6-7-8-9-14-11-10-13(2)12-14;1-3-4-5-10-7-6-9(2)8-10/h10-12H,3-9H2,1-2H3;6-8H,3-5H2,1-2H3/q2*+1. The van der Waals surface area contributed by atoms with Crippen molar-refractivity contribution in [2.75, 3.05) is 0 Å². The molecule has 2 aromatic heterocycles. The van der Waals surface area contributed by atoms with Crippen LogP contribution in [0.25, 0.3) is 0 Å². The lowest BCUT2D eigenvalue weighted by atomic mass is 10.1. The molecule has 0 atom stereocenters. The highest BCUT2D eigenvalue weighted by molar-refractivity contribution is 4.66. The van der Waals surface area contributed by atoms with E-state index < -0.39 is 0 Å². The molecule has 0 radical (unpaired) electrons. The molecule has 0 N–H and O–H groups in total. The van der Waals surface area contributed by atoms with Crippen LogP contribution in [0.15, 0.2) is 37.4 Å². The molecular formula is C20H38N4+2. The van der Waals surface area contributed by atoms with Gasteiger partial charge in [-0.3, -0.25) is 0 Å². The van der Waals surface area contributed by atoms with E-state index in [-0.39, 0.29) is 0 Å². The third kappa shape index (κ3) is 9.53. The van der Waals surface area contributed by atoms with Crippen molar-refractivity contribution < 1.29 is 9.13 Å². The van der Waals surface area contributed by atoms with Gasteiger partial charge >= 0.3 is 0 Å². The minimum absolute atomic E-state index is 1.15. The molecule has 24 heavy (non-hydrogen) atoms. The Bertz CT molecular complexity index is 527. The Hall–Kier alpha value is -1.58. The molecule has 0 amide bonds. The summed E-state index contributed by atoms with van der Waals surface area (Å²) in [7, 11) is 4.11. The van der Waals surface area contributed by atoms with Crippen molar-refractivity contribution in [1.29, 1.82) is 0 Å². The van der Waals surface area contributed by atoms with Crippen molar-refractivity contribution in [2.45, 2.75) is 78.3 Å². The SMILES string of the molecule is CCCCCCCCn1cc[n+](C)c1.CCCCn1cc[n+](C)c1. The largest absolute Gasteiger partial charge is 0.243 e. The van der Waals surface area contributed by atoms with Gasteiger partial charge in [-0.25, -0.2) is 18.3 Å². The molecule has 0 saturated carbocycles. The fourth-order valence-electron chi connectivity index (χ4n) is 2.68. The third-order valence-corrected chi connectivity index (χ3v) is 4.19. The second-order valence-electron chi connectivity index (χ2n) is 6.76. The highest BCUT2D eigenvalue weighted by Crippen LogP contribution is 2.05. The maximum Gasteiger partial charge on any atom is 0.243 e. The highest BCUT2D eigenvalue weighted by atomic mass is 15.1. The molecule has 2 aromatic rings. The van der Waals surface area contributed by atoms with Gasteiger partial charge in [-0.2, -0.15) is 0 Å². The van der Waals surface area contributed by atoms with Crippen molar-refractivity contribution in [3.8, 4) is 0 Å². The van der Waals surface area contributed by atoms with E-state index in [1.807, 2.05) is 7.05 Å². The Morgan fingerprint density at radius 3 is 1.54 bits per heavy atom. The van der Waals surface area contributed by atoms with Crippen molar-refractivity contribution in [2.24, 2.45) is 14.1 Å². The van der Waals surface area contributed by atoms with E-state index in [1.54, 1.807) is 0 Å². The number of aromatic nitrogens is 4. The first-order chi connectivity index (χ1) is 11.7. The summed E-state index contributed by atoms with van der Waals surface area (Å²) in [6.07, 6.45) is 23.5. The van der Waals surface area contributed by atoms with Crippen molar-refractivity contribution in [3.05, 3.63) is 37.4 Å². The van der Waals surface area contributed by atoms with E-state index in [4.69, 9.17) is 0 Å². The molecule has 0 aliphatic heterocycles. The molecule has 4 nitrogen and oxygen atoms in total. The van der Waals surface area contributed by atoms with E-state index >= 15 is 0 Å². The first-order valence-corrected chi connectivity index (χ1v) is 9.67. The molecule has 0 aromatic carbocycles. The summed E-state index contributed by atoms with van der Waals surface area (Å²) in [5, 5.41) is 0. The van der Waals surface area contributed by atoms with Crippen LogP contribution in [0.5, 0.6) is 0 Å². The normalized spacial score (nSPS) is 10.5. The maximum absolute atomic E-state index is 2.26. The monoisotopic (exact) mass is 334 g/mol. The molecule has 4 heteroatoms. The van der Waals surface area contributed by atoms with Gasteiger partial charge in [0.15, 0.2) is 0 Å². The number of hydrogen-bond donors (Lipinski definition) is 0. The predicted molar refractivity (Wildman–Crippen MR) is 99.5 cm³/mol. The Labute approximate surface area is 148 Å². The van der Waals surface area contributed by atoms with Gasteiger partial charge in [-0.05, 0) is 19.3 Å². The van der Waals surface area contributed by atoms with Crippen LogP contribution in [0.4, 0.5) is 0 Å². The molecule has 0 saturated heterocycles. The maximum atomic E-state index is 2.26. The molecular weight excluding hydrogens is 296 g/mol. The topological polar surface area (TPSA) is 17.6 Å². The molecule has 0 aliphatic carbocycles.